The number of rotatable bonds is 5. The van der Waals surface area contributed by atoms with E-state index in [0.717, 1.165) is 33.1 Å². The molecule has 1 N–H and O–H groups in total. The monoisotopic (exact) mass is 417 g/mol. The Morgan fingerprint density at radius 2 is 2.00 bits per heavy atom. The van der Waals surface area contributed by atoms with Crippen LogP contribution in [-0.4, -0.2) is 37.2 Å². The number of hydrogen-bond donors (Lipinski definition) is 1. The molecule has 1 fully saturated rings. The maximum absolute atomic E-state index is 13.2. The molecule has 1 amide bonds. The Bertz CT molecular complexity index is 1360. The van der Waals surface area contributed by atoms with Gasteiger partial charge in [-0.1, -0.05) is 6.92 Å². The van der Waals surface area contributed by atoms with E-state index in [1.807, 2.05) is 24.3 Å². The first-order valence-corrected chi connectivity index (χ1v) is 10.2. The third-order valence-corrected chi connectivity index (χ3v) is 5.70. The number of carbonyl (C=O) groups excluding carboxylic acids is 2. The van der Waals surface area contributed by atoms with Crippen LogP contribution in [0.1, 0.15) is 35.8 Å². The van der Waals surface area contributed by atoms with Crippen LogP contribution < -0.4 is 5.32 Å². The Labute approximate surface area is 177 Å². The Morgan fingerprint density at radius 1 is 1.19 bits per heavy atom. The van der Waals surface area contributed by atoms with Crippen molar-refractivity contribution in [1.29, 1.82) is 0 Å². The fourth-order valence-electron chi connectivity index (χ4n) is 3.79. The quantitative estimate of drug-likeness (QED) is 0.493. The van der Waals surface area contributed by atoms with E-state index in [1.165, 1.54) is 0 Å². The van der Waals surface area contributed by atoms with Gasteiger partial charge in [-0.2, -0.15) is 0 Å². The predicted octanol–water partition coefficient (Wildman–Crippen LogP) is 4.14. The molecule has 7 nitrogen and oxygen atoms in total. The second-order valence-corrected chi connectivity index (χ2v) is 7.84. The van der Waals surface area contributed by atoms with E-state index in [4.69, 9.17) is 0 Å². The third kappa shape index (κ3) is 3.34. The van der Waals surface area contributed by atoms with E-state index in [9.17, 15) is 14.0 Å². The van der Waals surface area contributed by atoms with Crippen molar-refractivity contribution in [2.24, 2.45) is 5.92 Å². The van der Waals surface area contributed by atoms with Crippen LogP contribution in [0.25, 0.3) is 27.5 Å². The molecule has 31 heavy (non-hydrogen) atoms. The number of anilines is 1. The number of halogens is 1. The van der Waals surface area contributed by atoms with Crippen molar-refractivity contribution in [2.45, 2.75) is 32.9 Å². The fraction of sp³-hybridized carbons (Fsp3) is 0.261. The summed E-state index contributed by atoms with van der Waals surface area (Å²) in [5.41, 5.74) is 3.99. The van der Waals surface area contributed by atoms with Gasteiger partial charge in [-0.25, -0.2) is 14.4 Å². The summed E-state index contributed by atoms with van der Waals surface area (Å²) < 4.78 is 15.1. The van der Waals surface area contributed by atoms with Crippen molar-refractivity contribution < 1.29 is 14.0 Å². The molecule has 1 saturated carbocycles. The molecule has 8 heteroatoms. The van der Waals surface area contributed by atoms with Crippen molar-refractivity contribution in [3.8, 4) is 11.3 Å². The number of nitrogens with one attached hydrogen (secondary N) is 1. The number of fused-ring (bicyclic) bond motifs is 3. The third-order valence-electron chi connectivity index (χ3n) is 5.70. The lowest BCUT2D eigenvalue weighted by molar-refractivity contribution is -0.117. The van der Waals surface area contributed by atoms with Gasteiger partial charge in [-0.3, -0.25) is 19.0 Å². The largest absolute Gasteiger partial charge is 0.310 e. The molecule has 156 valence electrons. The Balaban J connectivity index is 1.59. The van der Waals surface area contributed by atoms with Gasteiger partial charge in [0, 0.05) is 35.2 Å². The summed E-state index contributed by atoms with van der Waals surface area (Å²) in [4.78, 5) is 37.1. The summed E-state index contributed by atoms with van der Waals surface area (Å²) in [5, 5.41) is 4.43. The lowest BCUT2D eigenvalue weighted by Gasteiger charge is -2.13. The van der Waals surface area contributed by atoms with E-state index in [-0.39, 0.29) is 18.1 Å². The number of nitrogens with zero attached hydrogens (tertiary/aromatic N) is 4. The van der Waals surface area contributed by atoms with Gasteiger partial charge in [-0.15, -0.1) is 0 Å². The molecule has 0 radical (unpaired) electrons. The highest BCUT2D eigenvalue weighted by Gasteiger charge is 2.43. The van der Waals surface area contributed by atoms with Gasteiger partial charge < -0.3 is 5.32 Å². The number of alkyl halides is 1. The molecule has 0 unspecified atom stereocenters. The molecule has 0 spiro atoms. The standard InChI is InChI=1S/C23H20FN5O2/c1-3-21(30)18-4-12(2)16(9-26-18)19-5-13-8-27-22(28-23(31)15-6-17(15)24)7-14(13)20-10-25-11-29(19)20/h4-5,7-11,15,17H,3,6H2,1-2H3,(H,27,28,31)/t15-,17+/m0/s1. The van der Waals surface area contributed by atoms with Gasteiger partial charge in [0.2, 0.25) is 5.91 Å². The van der Waals surface area contributed by atoms with Gasteiger partial charge in [0.25, 0.3) is 0 Å². The van der Waals surface area contributed by atoms with Crippen LogP contribution in [0.4, 0.5) is 10.2 Å². The van der Waals surface area contributed by atoms with Gasteiger partial charge >= 0.3 is 0 Å². The molecular formula is C23H20FN5O2. The predicted molar refractivity (Wildman–Crippen MR) is 115 cm³/mol. The second-order valence-electron chi connectivity index (χ2n) is 7.84. The number of Topliss-reactive ketones (excluding diaryl/α,β-unsaturated/α-hetero) is 1. The topological polar surface area (TPSA) is 89.2 Å². The lowest BCUT2D eigenvalue weighted by Crippen LogP contribution is -2.15. The van der Waals surface area contributed by atoms with Crippen molar-refractivity contribution in [3.63, 3.8) is 0 Å². The minimum Gasteiger partial charge on any atom is -0.310 e. The molecule has 1 aliphatic carbocycles. The first kappa shape index (κ1) is 19.3. The Hall–Kier alpha value is -3.68. The van der Waals surface area contributed by atoms with Crippen LogP contribution >= 0.6 is 0 Å². The van der Waals surface area contributed by atoms with Gasteiger partial charge in [-0.05, 0) is 37.1 Å². The van der Waals surface area contributed by atoms with Gasteiger partial charge in [0.1, 0.15) is 17.7 Å². The summed E-state index contributed by atoms with van der Waals surface area (Å²) in [6.07, 6.45) is 6.47. The maximum Gasteiger partial charge on any atom is 0.231 e. The van der Waals surface area contributed by atoms with Gasteiger partial charge in [0.15, 0.2) is 5.78 Å². The van der Waals surface area contributed by atoms with Crippen molar-refractivity contribution in [3.05, 3.63) is 54.4 Å². The van der Waals surface area contributed by atoms with Crippen LogP contribution in [0.5, 0.6) is 0 Å². The summed E-state index contributed by atoms with van der Waals surface area (Å²) in [6, 6.07) is 5.56. The summed E-state index contributed by atoms with van der Waals surface area (Å²) >= 11 is 0. The molecule has 1 aliphatic rings. The average molecular weight is 417 g/mol. The number of aromatic nitrogens is 4. The molecule has 0 bridgehead atoms. The zero-order valence-electron chi connectivity index (χ0n) is 17.1. The van der Waals surface area contributed by atoms with Crippen LogP contribution in [0.15, 0.2) is 43.1 Å². The van der Waals surface area contributed by atoms with Gasteiger partial charge in [0.05, 0.1) is 29.7 Å². The molecule has 0 saturated heterocycles. The molecule has 0 aromatic carbocycles. The molecule has 4 heterocycles. The highest BCUT2D eigenvalue weighted by atomic mass is 19.1. The number of amides is 1. The molecule has 4 aromatic heterocycles. The SMILES string of the molecule is CCC(=O)c1cc(C)c(-c2cc3cnc(NC(=O)[C@H]4C[C@H]4F)cc3c3cncn23)cn1. The van der Waals surface area contributed by atoms with E-state index in [0.29, 0.717) is 17.9 Å². The number of hydrogen-bond acceptors (Lipinski definition) is 5. The van der Waals surface area contributed by atoms with Crippen molar-refractivity contribution >= 4 is 33.8 Å². The Kier molecular flexibility index (Phi) is 4.50. The van der Waals surface area contributed by atoms with Crippen LogP contribution in [0, 0.1) is 12.8 Å². The van der Waals surface area contributed by atoms with E-state index < -0.39 is 12.1 Å². The number of imidazole rings is 1. The number of carbonyl (C=O) groups is 2. The first-order valence-electron chi connectivity index (χ1n) is 10.2. The number of ketones is 1. The van der Waals surface area contributed by atoms with Crippen LogP contribution in [0.2, 0.25) is 0 Å². The summed E-state index contributed by atoms with van der Waals surface area (Å²) in [6.45, 7) is 3.76. The number of aryl methyl sites for hydroxylation is 1. The van der Waals surface area contributed by atoms with E-state index in [2.05, 4.69) is 20.3 Å². The highest BCUT2D eigenvalue weighted by Crippen LogP contribution is 2.35. The zero-order chi connectivity index (χ0) is 21.7. The lowest BCUT2D eigenvalue weighted by atomic mass is 10.0. The van der Waals surface area contributed by atoms with E-state index in [1.54, 1.807) is 37.1 Å². The van der Waals surface area contributed by atoms with Crippen LogP contribution in [-0.2, 0) is 4.79 Å². The summed E-state index contributed by atoms with van der Waals surface area (Å²) in [5.74, 6) is -0.533. The first-order chi connectivity index (χ1) is 15.0. The second kappa shape index (κ2) is 7.23. The van der Waals surface area contributed by atoms with Crippen LogP contribution in [0.3, 0.4) is 0 Å². The normalized spacial score (nSPS) is 17.8. The van der Waals surface area contributed by atoms with E-state index >= 15 is 0 Å². The highest BCUT2D eigenvalue weighted by molar-refractivity contribution is 6.02. The minimum atomic E-state index is -1.06. The van der Waals surface area contributed by atoms with Crippen molar-refractivity contribution in [2.75, 3.05) is 5.32 Å². The average Bonchev–Trinajstić information content (AvgIpc) is 3.30. The molecule has 4 aromatic rings. The molecule has 2 atom stereocenters. The summed E-state index contributed by atoms with van der Waals surface area (Å²) in [7, 11) is 0. The Morgan fingerprint density at radius 3 is 2.71 bits per heavy atom. The van der Waals surface area contributed by atoms with Crippen molar-refractivity contribution in [1.82, 2.24) is 19.4 Å². The number of pyridine rings is 3. The molecule has 0 aliphatic heterocycles. The maximum atomic E-state index is 13.2. The fourth-order valence-corrected chi connectivity index (χ4v) is 3.79. The minimum absolute atomic E-state index is 0.00462. The smallest absolute Gasteiger partial charge is 0.231 e. The molecular weight excluding hydrogens is 397 g/mol. The molecule has 5 rings (SSSR count). The zero-order valence-corrected chi connectivity index (χ0v) is 17.1.